The molecule has 0 saturated heterocycles. The number of methoxy groups -OCH3 is 5. The van der Waals surface area contributed by atoms with E-state index < -0.39 is 46.0 Å². The van der Waals surface area contributed by atoms with Crippen LogP contribution in [0.3, 0.4) is 0 Å². The van der Waals surface area contributed by atoms with Crippen LogP contribution in [-0.4, -0.2) is 95.6 Å². The third-order valence-corrected chi connectivity index (χ3v) is 27.3. The predicted molar refractivity (Wildman–Crippen MR) is 431 cm³/mol. The number of carbonyl (C=O) groups is 1. The van der Waals surface area contributed by atoms with Crippen molar-refractivity contribution in [3.63, 3.8) is 0 Å². The maximum atomic E-state index is 13.2. The van der Waals surface area contributed by atoms with Gasteiger partial charge in [0.15, 0.2) is 22.1 Å². The first kappa shape index (κ1) is 88.5. The molecule has 0 atom stereocenters. The van der Waals surface area contributed by atoms with Gasteiger partial charge in [0, 0.05) is 19.1 Å². The van der Waals surface area contributed by atoms with Gasteiger partial charge >= 0.3 is 0 Å². The van der Waals surface area contributed by atoms with Crippen molar-refractivity contribution in [3.05, 3.63) is 168 Å². The van der Waals surface area contributed by atoms with Gasteiger partial charge in [-0.2, -0.15) is 0 Å². The Hall–Kier alpha value is -7.45. The fourth-order valence-corrected chi connectivity index (χ4v) is 20.1. The zero-order valence-electron chi connectivity index (χ0n) is 62.1. The maximum absolute atomic E-state index is 13.2. The van der Waals surface area contributed by atoms with E-state index in [0.29, 0.717) is 78.0 Å². The van der Waals surface area contributed by atoms with Gasteiger partial charge in [0.05, 0.1) is 103 Å². The molecule has 0 bridgehead atoms. The Balaban J connectivity index is 0.000000224. The monoisotopic (exact) mass is 1760 g/mol. The summed E-state index contributed by atoms with van der Waals surface area (Å²) in [4.78, 5) is 11.9. The van der Waals surface area contributed by atoms with E-state index in [1.807, 2.05) is 46.8 Å². The summed E-state index contributed by atoms with van der Waals surface area (Å²) < 4.78 is 142. The van der Waals surface area contributed by atoms with Crippen LogP contribution in [0.1, 0.15) is 118 Å². The Morgan fingerprint density at radius 1 is 0.449 bits per heavy atom. The predicted octanol–water partition coefficient (Wildman–Crippen LogP) is 18.3. The standard InChI is InChI=1S/C20H26ClNO3S.C18H19Br2NO4S.C18H21Cl2NO4S.C18H21ClN2O7S/c1-6-14-10-15(7-2)20(16(8-3)11-14)26(24,25)22-17-9-12(4)19(23)18(21)13(17)5;1-10-14(9-13(19)18(22)17(10)20)21-26(23,24)16-8-7-15(25-2)11-5-3-4-6-12(11)16;1-8-9(2)11(4)18(12(5)10(8)3)26(23,24)21-14-7-13(19)16(22)15(20)17(14)25-6;1-9-12(8-13(20-10(2)22)17(23)16(9)19)21-29(24,25)18-14(27-4)6-11(26-3)7-15(18)28-5/h9-11,22-23H,6-8H2,1-5H3;7-9,21-22H,3-6H2,1-2H3;7,21-22H,1-6H3;6-8,21,23H,1-5H3,(H,20,22). The van der Waals surface area contributed by atoms with E-state index in [4.69, 9.17) is 70.1 Å². The van der Waals surface area contributed by atoms with E-state index >= 15 is 0 Å². The summed E-state index contributed by atoms with van der Waals surface area (Å²) in [5, 5.41) is 42.0. The average molecular weight is 1760 g/mol. The average Bonchev–Trinajstić information content (AvgIpc) is 0.735. The van der Waals surface area contributed by atoms with Crippen molar-refractivity contribution in [2.45, 2.75) is 155 Å². The second kappa shape index (κ2) is 36.4. The number of aromatic hydroxyl groups is 4. The fourth-order valence-electron chi connectivity index (χ4n) is 11.8. The third kappa shape index (κ3) is 19.6. The van der Waals surface area contributed by atoms with Gasteiger partial charge in [-0.1, -0.05) is 79.3 Å². The van der Waals surface area contributed by atoms with Gasteiger partial charge < -0.3 is 49.4 Å². The van der Waals surface area contributed by atoms with Gasteiger partial charge in [0.1, 0.15) is 39.5 Å². The highest BCUT2D eigenvalue weighted by Crippen LogP contribution is 2.48. The molecule has 1 aliphatic carbocycles. The minimum atomic E-state index is -4.23. The topological polar surface area (TPSA) is 341 Å². The van der Waals surface area contributed by atoms with Crippen LogP contribution in [0.5, 0.6) is 51.7 Å². The van der Waals surface area contributed by atoms with E-state index in [2.05, 4.69) is 63.0 Å². The Morgan fingerprint density at radius 3 is 1.39 bits per heavy atom. The van der Waals surface area contributed by atoms with Gasteiger partial charge in [-0.25, -0.2) is 33.7 Å². The summed E-state index contributed by atoms with van der Waals surface area (Å²) in [7, 11) is -8.77. The number of sulfonamides is 4. The number of phenols is 4. The number of fused-ring (bicyclic) bond motifs is 1. The number of ether oxygens (including phenoxy) is 5. The van der Waals surface area contributed by atoms with Crippen LogP contribution in [0.15, 0.2) is 89.2 Å². The molecule has 1 aliphatic rings. The second-order valence-electron chi connectivity index (χ2n) is 24.7. The van der Waals surface area contributed by atoms with Crippen LogP contribution in [0.25, 0.3) is 0 Å². The summed E-state index contributed by atoms with van der Waals surface area (Å²) in [6.07, 6.45) is 5.63. The number of rotatable bonds is 21. The molecular formula is C74H87Br2Cl4N5O18S4. The van der Waals surface area contributed by atoms with Crippen molar-refractivity contribution in [2.24, 2.45) is 0 Å². The summed E-state index contributed by atoms with van der Waals surface area (Å²) in [6, 6.07) is 15.7. The zero-order valence-corrected chi connectivity index (χ0v) is 71.6. The highest BCUT2D eigenvalue weighted by atomic mass is 79.9. The molecule has 0 aliphatic heterocycles. The lowest BCUT2D eigenvalue weighted by atomic mass is 9.91. The smallest absolute Gasteiger partial charge is 0.269 e. The van der Waals surface area contributed by atoms with Crippen molar-refractivity contribution in [1.29, 1.82) is 0 Å². The van der Waals surface area contributed by atoms with Crippen molar-refractivity contribution < 1.29 is 82.6 Å². The second-order valence-corrected chi connectivity index (χ2v) is 34.4. The first-order valence-corrected chi connectivity index (χ1v) is 42.0. The van der Waals surface area contributed by atoms with Gasteiger partial charge in [-0.05, 0) is 253 Å². The van der Waals surface area contributed by atoms with Crippen LogP contribution >= 0.6 is 78.3 Å². The number of aryl methyl sites for hydroxylation is 4. The Bertz CT molecular complexity index is 5190. The quantitative estimate of drug-likeness (QED) is 0.0238. The molecule has 23 nitrogen and oxygen atoms in total. The number of nitrogens with one attached hydrogen (secondary N) is 5. The van der Waals surface area contributed by atoms with Crippen LogP contribution < -0.4 is 47.9 Å². The van der Waals surface area contributed by atoms with Crippen molar-refractivity contribution in [2.75, 3.05) is 59.8 Å². The third-order valence-electron chi connectivity index (χ3n) is 18.1. The van der Waals surface area contributed by atoms with Gasteiger partial charge in [-0.15, -0.1) is 0 Å². The summed E-state index contributed by atoms with van der Waals surface area (Å²) in [5.41, 5.74) is 11.6. The Labute approximate surface area is 663 Å². The minimum Gasteiger partial charge on any atom is -0.506 e. The van der Waals surface area contributed by atoms with E-state index in [1.54, 1.807) is 66.0 Å². The van der Waals surface area contributed by atoms with Crippen LogP contribution in [-0.2, 0) is 77.0 Å². The molecular weight excluding hydrogens is 1680 g/mol. The number of benzene rings is 8. The van der Waals surface area contributed by atoms with E-state index in [0.717, 1.165) is 75.9 Å². The molecule has 33 heteroatoms. The zero-order chi connectivity index (χ0) is 80.6. The molecule has 1 amide bonds. The number of carbonyl (C=O) groups excluding carboxylic acids is 1. The lowest BCUT2D eigenvalue weighted by Gasteiger charge is -2.22. The molecule has 0 unspecified atom stereocenters. The minimum absolute atomic E-state index is 0.00156. The summed E-state index contributed by atoms with van der Waals surface area (Å²) in [6.45, 7) is 23.1. The van der Waals surface area contributed by atoms with Crippen molar-refractivity contribution in [1.82, 2.24) is 0 Å². The first-order valence-electron chi connectivity index (χ1n) is 32.9. The van der Waals surface area contributed by atoms with E-state index in [-0.39, 0.29) is 97.6 Å². The molecule has 9 N–H and O–H groups in total. The largest absolute Gasteiger partial charge is 0.506 e. The summed E-state index contributed by atoms with van der Waals surface area (Å²) in [5.74, 6) is -0.129. The van der Waals surface area contributed by atoms with E-state index in [9.17, 15) is 58.9 Å². The SMILES string of the molecule is CCc1cc(CC)c(S(=O)(=O)Nc2cc(C)c(O)c(Cl)c2C)c(CC)c1.COc1c(NS(=O)(=O)c2c(C)c(C)c(C)c(C)c2C)cc(Cl)c(O)c1Cl.COc1cc(OC)c(S(=O)(=O)Nc2cc(NC(C)=O)c(O)c(Cl)c2C)c(OC)c1.COc1ccc(S(=O)(=O)Nc2cc(Br)c(O)c(Br)c2C)c2c1CCCC2. The molecule has 582 valence electrons. The molecule has 0 heterocycles. The van der Waals surface area contributed by atoms with Crippen LogP contribution in [0, 0.1) is 62.3 Å². The fraction of sp³-hybridized carbons (Fsp3) is 0.338. The molecule has 0 saturated carbocycles. The molecule has 107 heavy (non-hydrogen) atoms. The van der Waals surface area contributed by atoms with Gasteiger partial charge in [-0.3, -0.25) is 23.7 Å². The highest BCUT2D eigenvalue weighted by molar-refractivity contribution is 9.11. The summed E-state index contributed by atoms with van der Waals surface area (Å²) >= 11 is 30.7. The lowest BCUT2D eigenvalue weighted by Crippen LogP contribution is -2.18. The molecule has 0 spiro atoms. The molecule has 8 aromatic carbocycles. The Kier molecular flexibility index (Phi) is 30.1. The number of anilines is 5. The van der Waals surface area contributed by atoms with Gasteiger partial charge in [0.2, 0.25) is 5.91 Å². The number of amides is 1. The number of hydrogen-bond donors (Lipinski definition) is 9. The number of halogens is 6. The lowest BCUT2D eigenvalue weighted by molar-refractivity contribution is -0.114. The molecule has 0 fully saturated rings. The molecule has 0 aromatic heterocycles. The van der Waals surface area contributed by atoms with Crippen LogP contribution in [0.2, 0.25) is 20.1 Å². The van der Waals surface area contributed by atoms with E-state index in [1.165, 1.54) is 66.6 Å². The Morgan fingerprint density at radius 2 is 0.907 bits per heavy atom. The van der Waals surface area contributed by atoms with Crippen molar-refractivity contribution >= 4 is 153 Å². The van der Waals surface area contributed by atoms with Crippen LogP contribution in [0.4, 0.5) is 28.4 Å². The van der Waals surface area contributed by atoms with Gasteiger partial charge in [0.25, 0.3) is 40.1 Å². The molecule has 0 radical (unpaired) electrons. The van der Waals surface area contributed by atoms with Crippen molar-refractivity contribution in [3.8, 4) is 51.7 Å². The maximum Gasteiger partial charge on any atom is 0.269 e. The highest BCUT2D eigenvalue weighted by Gasteiger charge is 2.32. The number of hydrogen-bond acceptors (Lipinski definition) is 18. The number of phenolic OH excluding ortho intramolecular Hbond substituents is 4. The first-order chi connectivity index (χ1) is 49.9. The molecule has 8 aromatic rings. The normalized spacial score (nSPS) is 12.0. The molecule has 9 rings (SSSR count).